The Morgan fingerprint density at radius 3 is 1.53 bits per heavy atom. The molecular formula is C29H34O3. The third-order valence-corrected chi connectivity index (χ3v) is 5.92. The molecule has 0 atom stereocenters. The summed E-state index contributed by atoms with van der Waals surface area (Å²) in [7, 11) is 0. The van der Waals surface area contributed by atoms with Crippen LogP contribution in [0.3, 0.4) is 0 Å². The van der Waals surface area contributed by atoms with Gasteiger partial charge in [-0.3, -0.25) is 0 Å². The molecule has 32 heavy (non-hydrogen) atoms. The average molecular weight is 431 g/mol. The van der Waals surface area contributed by atoms with Crippen LogP contribution in [0, 0.1) is 0 Å². The van der Waals surface area contributed by atoms with E-state index < -0.39 is 5.97 Å². The van der Waals surface area contributed by atoms with E-state index in [2.05, 4.69) is 90.1 Å². The van der Waals surface area contributed by atoms with Gasteiger partial charge in [0, 0.05) is 6.42 Å². The molecule has 0 saturated heterocycles. The highest BCUT2D eigenvalue weighted by Gasteiger charge is 2.18. The molecular weight excluding hydrogens is 396 g/mol. The molecule has 0 unspecified atom stereocenters. The Morgan fingerprint density at radius 2 is 1.12 bits per heavy atom. The van der Waals surface area contributed by atoms with E-state index in [0.717, 1.165) is 16.7 Å². The third-order valence-electron chi connectivity index (χ3n) is 5.92. The van der Waals surface area contributed by atoms with E-state index in [1.165, 1.54) is 11.1 Å². The van der Waals surface area contributed by atoms with Crippen LogP contribution in [0.1, 0.15) is 85.3 Å². The summed E-state index contributed by atoms with van der Waals surface area (Å²) in [4.78, 5) is 11.8. The molecule has 0 heterocycles. The minimum absolute atomic E-state index is 0.0462. The molecule has 0 aliphatic carbocycles. The summed E-state index contributed by atoms with van der Waals surface area (Å²) in [6.45, 7) is 13.1. The number of hydrogen-bond acceptors (Lipinski definition) is 2. The Morgan fingerprint density at radius 1 is 0.688 bits per heavy atom. The summed E-state index contributed by atoms with van der Waals surface area (Å²) in [6, 6.07) is 20.3. The molecule has 2 N–H and O–H groups in total. The number of carboxylic acids is 1. The number of hydrogen-bond donors (Lipinski definition) is 2. The van der Waals surface area contributed by atoms with Crippen LogP contribution < -0.4 is 0 Å². The smallest absolute Gasteiger partial charge is 0.339 e. The molecule has 0 bridgehead atoms. The monoisotopic (exact) mass is 430 g/mol. The standard InChI is InChI=1S/C29H34O3/c1-28(2,3)23-11-7-19(8-12-23)15-21-17-22(26(30)25(18-21)27(31)32)16-20-9-13-24(14-10-20)29(4,5)6/h7-14,17-18,30H,15-16H2,1-6H3,(H,31,32). The van der Waals surface area contributed by atoms with Crippen LogP contribution in [0.2, 0.25) is 0 Å². The zero-order chi connectivity index (χ0) is 23.7. The minimum atomic E-state index is -1.11. The van der Waals surface area contributed by atoms with Crippen molar-refractivity contribution in [3.05, 3.63) is 99.6 Å². The van der Waals surface area contributed by atoms with Gasteiger partial charge in [0.1, 0.15) is 11.3 Å². The molecule has 0 radical (unpaired) electrons. The second-order valence-corrected chi connectivity index (χ2v) is 10.7. The molecule has 3 aromatic rings. The highest BCUT2D eigenvalue weighted by atomic mass is 16.4. The summed E-state index contributed by atoms with van der Waals surface area (Å²) in [5, 5.41) is 20.3. The van der Waals surface area contributed by atoms with Crippen molar-refractivity contribution in [1.82, 2.24) is 0 Å². The van der Waals surface area contributed by atoms with Crippen molar-refractivity contribution in [1.29, 1.82) is 0 Å². The van der Waals surface area contributed by atoms with Gasteiger partial charge in [0.05, 0.1) is 0 Å². The maximum atomic E-state index is 11.8. The van der Waals surface area contributed by atoms with Gasteiger partial charge in [-0.05, 0) is 56.7 Å². The van der Waals surface area contributed by atoms with E-state index >= 15 is 0 Å². The van der Waals surface area contributed by atoms with Gasteiger partial charge in [-0.15, -0.1) is 0 Å². The Hall–Kier alpha value is -3.07. The lowest BCUT2D eigenvalue weighted by Gasteiger charge is -2.19. The van der Waals surface area contributed by atoms with Crippen molar-refractivity contribution < 1.29 is 15.0 Å². The van der Waals surface area contributed by atoms with Crippen molar-refractivity contribution in [3.63, 3.8) is 0 Å². The van der Waals surface area contributed by atoms with Crippen LogP contribution in [0.5, 0.6) is 5.75 Å². The van der Waals surface area contributed by atoms with Gasteiger partial charge in [0.2, 0.25) is 0 Å². The van der Waals surface area contributed by atoms with Gasteiger partial charge in [-0.1, -0.05) is 96.1 Å². The van der Waals surface area contributed by atoms with E-state index in [1.807, 2.05) is 6.07 Å². The highest BCUT2D eigenvalue weighted by Crippen LogP contribution is 2.30. The third kappa shape index (κ3) is 5.59. The molecule has 0 spiro atoms. The highest BCUT2D eigenvalue weighted by molar-refractivity contribution is 5.91. The lowest BCUT2D eigenvalue weighted by Crippen LogP contribution is -2.10. The van der Waals surface area contributed by atoms with Crippen LogP contribution in [0.25, 0.3) is 0 Å². The summed E-state index contributed by atoms with van der Waals surface area (Å²) >= 11 is 0. The first-order valence-corrected chi connectivity index (χ1v) is 11.1. The SMILES string of the molecule is CC(C)(C)c1ccc(Cc2cc(Cc3ccc(C(C)(C)C)cc3)c(O)c(C(=O)O)c2)cc1. The predicted octanol–water partition coefficient (Wildman–Crippen LogP) is 6.87. The molecule has 0 aromatic heterocycles. The van der Waals surface area contributed by atoms with Crippen molar-refractivity contribution in [2.75, 3.05) is 0 Å². The summed E-state index contributed by atoms with van der Waals surface area (Å²) in [5.74, 6) is -1.26. The molecule has 3 rings (SSSR count). The molecule has 3 aromatic carbocycles. The first kappa shape index (κ1) is 23.6. The van der Waals surface area contributed by atoms with Crippen molar-refractivity contribution in [2.24, 2.45) is 0 Å². The van der Waals surface area contributed by atoms with Gasteiger partial charge in [-0.25, -0.2) is 4.79 Å². The topological polar surface area (TPSA) is 57.5 Å². The molecule has 0 amide bonds. The Balaban J connectivity index is 1.91. The lowest BCUT2D eigenvalue weighted by molar-refractivity contribution is 0.0693. The number of phenols is 1. The normalized spacial score (nSPS) is 12.1. The molecule has 0 aliphatic rings. The number of carbonyl (C=O) groups is 1. The summed E-state index contributed by atoms with van der Waals surface area (Å²) in [5.41, 5.74) is 6.27. The molecule has 0 fully saturated rings. The van der Waals surface area contributed by atoms with Crippen molar-refractivity contribution >= 4 is 5.97 Å². The molecule has 0 aliphatic heterocycles. The largest absolute Gasteiger partial charge is 0.507 e. The zero-order valence-corrected chi connectivity index (χ0v) is 20.0. The fraction of sp³-hybridized carbons (Fsp3) is 0.345. The number of rotatable bonds is 5. The quantitative estimate of drug-likeness (QED) is 0.464. The second-order valence-electron chi connectivity index (χ2n) is 10.7. The number of carboxylic acid groups (broad SMARTS) is 1. The fourth-order valence-corrected chi connectivity index (χ4v) is 3.86. The Bertz CT molecular complexity index is 1090. The van der Waals surface area contributed by atoms with Gasteiger partial charge in [-0.2, -0.15) is 0 Å². The maximum Gasteiger partial charge on any atom is 0.339 e. The molecule has 3 heteroatoms. The maximum absolute atomic E-state index is 11.8. The van der Waals surface area contributed by atoms with Crippen LogP contribution in [-0.2, 0) is 23.7 Å². The lowest BCUT2D eigenvalue weighted by atomic mass is 9.86. The second kappa shape index (κ2) is 8.82. The van der Waals surface area contributed by atoms with Crippen LogP contribution >= 0.6 is 0 Å². The van der Waals surface area contributed by atoms with Crippen molar-refractivity contribution in [2.45, 2.75) is 65.2 Å². The first-order chi connectivity index (χ1) is 14.8. The fourth-order valence-electron chi connectivity index (χ4n) is 3.86. The zero-order valence-electron chi connectivity index (χ0n) is 20.0. The molecule has 168 valence electrons. The molecule has 0 saturated carbocycles. The number of aromatic carboxylic acids is 1. The first-order valence-electron chi connectivity index (χ1n) is 11.1. The van der Waals surface area contributed by atoms with Gasteiger partial charge >= 0.3 is 5.97 Å². The van der Waals surface area contributed by atoms with Gasteiger partial charge in [0.25, 0.3) is 0 Å². The van der Waals surface area contributed by atoms with Gasteiger partial charge < -0.3 is 10.2 Å². The van der Waals surface area contributed by atoms with Crippen LogP contribution in [0.15, 0.2) is 60.7 Å². The Labute approximate surface area is 191 Å². The Kier molecular flexibility index (Phi) is 6.50. The summed E-state index contributed by atoms with van der Waals surface area (Å²) < 4.78 is 0. The van der Waals surface area contributed by atoms with E-state index in [0.29, 0.717) is 18.4 Å². The van der Waals surface area contributed by atoms with Crippen molar-refractivity contribution in [3.8, 4) is 5.75 Å². The van der Waals surface area contributed by atoms with E-state index in [4.69, 9.17) is 0 Å². The summed E-state index contributed by atoms with van der Waals surface area (Å²) in [6.07, 6.45) is 1.09. The number of benzene rings is 3. The van der Waals surface area contributed by atoms with E-state index in [1.54, 1.807) is 6.07 Å². The van der Waals surface area contributed by atoms with E-state index in [-0.39, 0.29) is 22.1 Å². The molecule has 3 nitrogen and oxygen atoms in total. The van der Waals surface area contributed by atoms with Crippen LogP contribution in [0.4, 0.5) is 0 Å². The van der Waals surface area contributed by atoms with Crippen LogP contribution in [-0.4, -0.2) is 16.2 Å². The van der Waals surface area contributed by atoms with E-state index in [9.17, 15) is 15.0 Å². The number of aromatic hydroxyl groups is 1. The average Bonchev–Trinajstić information content (AvgIpc) is 2.69. The predicted molar refractivity (Wildman–Crippen MR) is 131 cm³/mol. The van der Waals surface area contributed by atoms with Gasteiger partial charge in [0.15, 0.2) is 0 Å². The minimum Gasteiger partial charge on any atom is -0.507 e.